The van der Waals surface area contributed by atoms with Crippen LogP contribution in [0.3, 0.4) is 0 Å². The monoisotopic (exact) mass is 355 g/mol. The Bertz CT molecular complexity index is 881. The molecule has 0 saturated heterocycles. The minimum absolute atomic E-state index is 0.314. The zero-order chi connectivity index (χ0) is 17.6. The van der Waals surface area contributed by atoms with Crippen molar-refractivity contribution in [1.29, 1.82) is 0 Å². The molecular weight excluding hydrogens is 338 g/mol. The number of hydrogen-bond donors (Lipinski definition) is 2. The van der Waals surface area contributed by atoms with Gasteiger partial charge in [0, 0.05) is 11.3 Å². The minimum atomic E-state index is 0.314. The van der Waals surface area contributed by atoms with E-state index in [0.717, 1.165) is 17.0 Å². The average Bonchev–Trinajstić information content (AvgIpc) is 3.09. The van der Waals surface area contributed by atoms with E-state index in [1.807, 2.05) is 49.4 Å². The molecule has 0 amide bonds. The van der Waals surface area contributed by atoms with Crippen molar-refractivity contribution in [2.75, 3.05) is 12.4 Å². The van der Waals surface area contributed by atoms with E-state index < -0.39 is 0 Å². The summed E-state index contributed by atoms with van der Waals surface area (Å²) in [5, 5.41) is 10.4. The fourth-order valence-corrected chi connectivity index (χ4v) is 2.31. The van der Waals surface area contributed by atoms with Crippen molar-refractivity contribution in [2.24, 2.45) is 0 Å². The molecule has 0 aliphatic carbocycles. The zero-order valence-corrected chi connectivity index (χ0v) is 14.6. The van der Waals surface area contributed by atoms with Crippen LogP contribution in [0, 0.1) is 6.92 Å². The average molecular weight is 355 g/mol. The third-order valence-electron chi connectivity index (χ3n) is 3.33. The van der Waals surface area contributed by atoms with Gasteiger partial charge in [0.1, 0.15) is 11.6 Å². The van der Waals surface area contributed by atoms with Crippen LogP contribution >= 0.6 is 12.2 Å². The molecule has 2 heterocycles. The summed E-state index contributed by atoms with van der Waals surface area (Å²) in [6.07, 6.45) is 0. The van der Waals surface area contributed by atoms with Gasteiger partial charge in [-0.15, -0.1) is 0 Å². The maximum Gasteiger partial charge on any atom is 0.246 e. The first-order valence-corrected chi connectivity index (χ1v) is 8.00. The number of nitrogens with zero attached hydrogens (tertiary/aromatic N) is 3. The van der Waals surface area contributed by atoms with Gasteiger partial charge in [-0.3, -0.25) is 0 Å². The molecule has 7 nitrogen and oxygen atoms in total. The second-order valence-electron chi connectivity index (χ2n) is 5.22. The molecule has 0 bridgehead atoms. The fourth-order valence-electron chi connectivity index (χ4n) is 2.14. The molecule has 0 unspecified atom stereocenters. The molecule has 25 heavy (non-hydrogen) atoms. The SMILES string of the molecule is COc1cccc(-c2noc(CNC(=S)Nc3cccc(C)n3)n2)c1. The number of benzene rings is 1. The number of thiocarbonyl (C=S) groups is 1. The van der Waals surface area contributed by atoms with Crippen molar-refractivity contribution < 1.29 is 9.26 Å². The summed E-state index contributed by atoms with van der Waals surface area (Å²) in [5.41, 5.74) is 1.73. The largest absolute Gasteiger partial charge is 0.497 e. The van der Waals surface area contributed by atoms with E-state index in [9.17, 15) is 0 Å². The molecule has 0 spiro atoms. The highest BCUT2D eigenvalue weighted by molar-refractivity contribution is 7.80. The van der Waals surface area contributed by atoms with Gasteiger partial charge in [-0.05, 0) is 43.4 Å². The van der Waals surface area contributed by atoms with Gasteiger partial charge in [-0.1, -0.05) is 23.4 Å². The summed E-state index contributed by atoms with van der Waals surface area (Å²) in [6.45, 7) is 2.23. The van der Waals surface area contributed by atoms with Gasteiger partial charge < -0.3 is 19.9 Å². The zero-order valence-electron chi connectivity index (χ0n) is 13.8. The highest BCUT2D eigenvalue weighted by Crippen LogP contribution is 2.21. The molecule has 2 N–H and O–H groups in total. The second kappa shape index (κ2) is 7.71. The van der Waals surface area contributed by atoms with Crippen molar-refractivity contribution in [3.63, 3.8) is 0 Å². The number of hydrogen-bond acceptors (Lipinski definition) is 6. The number of aromatic nitrogens is 3. The van der Waals surface area contributed by atoms with Gasteiger partial charge in [-0.2, -0.15) is 4.98 Å². The molecule has 0 atom stereocenters. The van der Waals surface area contributed by atoms with E-state index in [0.29, 0.717) is 29.2 Å². The van der Waals surface area contributed by atoms with Crippen LogP contribution in [0.5, 0.6) is 5.75 Å². The summed E-state index contributed by atoms with van der Waals surface area (Å²) in [5.74, 6) is 2.34. The van der Waals surface area contributed by atoms with E-state index in [-0.39, 0.29) is 0 Å². The molecule has 0 saturated carbocycles. The van der Waals surface area contributed by atoms with Gasteiger partial charge in [0.2, 0.25) is 11.7 Å². The van der Waals surface area contributed by atoms with Gasteiger partial charge in [0.25, 0.3) is 0 Å². The number of pyridine rings is 1. The Morgan fingerprint density at radius 1 is 1.20 bits per heavy atom. The van der Waals surface area contributed by atoms with Crippen LogP contribution in [-0.4, -0.2) is 27.3 Å². The quantitative estimate of drug-likeness (QED) is 0.676. The van der Waals surface area contributed by atoms with E-state index >= 15 is 0 Å². The first kappa shape index (κ1) is 16.8. The maximum atomic E-state index is 5.24. The van der Waals surface area contributed by atoms with Crippen molar-refractivity contribution in [3.8, 4) is 17.1 Å². The molecule has 0 radical (unpaired) electrons. The number of anilines is 1. The first-order chi connectivity index (χ1) is 12.1. The molecule has 3 aromatic rings. The highest BCUT2D eigenvalue weighted by Gasteiger charge is 2.10. The molecule has 8 heteroatoms. The third-order valence-corrected chi connectivity index (χ3v) is 3.57. The van der Waals surface area contributed by atoms with Crippen LogP contribution in [0.15, 0.2) is 47.0 Å². The Morgan fingerprint density at radius 2 is 2.04 bits per heavy atom. The Labute approximate surface area is 150 Å². The van der Waals surface area contributed by atoms with Gasteiger partial charge in [0.05, 0.1) is 13.7 Å². The van der Waals surface area contributed by atoms with Crippen LogP contribution in [0.1, 0.15) is 11.6 Å². The van der Waals surface area contributed by atoms with Crippen LogP contribution in [0.25, 0.3) is 11.4 Å². The van der Waals surface area contributed by atoms with Crippen molar-refractivity contribution in [3.05, 3.63) is 54.0 Å². The predicted molar refractivity (Wildman–Crippen MR) is 98.3 cm³/mol. The van der Waals surface area contributed by atoms with E-state index in [1.54, 1.807) is 7.11 Å². The second-order valence-corrected chi connectivity index (χ2v) is 5.62. The topological polar surface area (TPSA) is 85.1 Å². The Morgan fingerprint density at radius 3 is 2.84 bits per heavy atom. The van der Waals surface area contributed by atoms with E-state index in [2.05, 4.69) is 25.8 Å². The number of ether oxygens (including phenoxy) is 1. The van der Waals surface area contributed by atoms with E-state index in [1.165, 1.54) is 0 Å². The van der Waals surface area contributed by atoms with Crippen LogP contribution in [0.2, 0.25) is 0 Å². The molecule has 0 aliphatic rings. The maximum absolute atomic E-state index is 5.24. The van der Waals surface area contributed by atoms with Crippen molar-refractivity contribution >= 4 is 23.1 Å². The Hall–Kier alpha value is -3.00. The minimum Gasteiger partial charge on any atom is -0.497 e. The summed E-state index contributed by atoms with van der Waals surface area (Å²) in [7, 11) is 1.61. The van der Waals surface area contributed by atoms with Crippen LogP contribution in [-0.2, 0) is 6.54 Å². The lowest BCUT2D eigenvalue weighted by Crippen LogP contribution is -2.28. The molecule has 2 aromatic heterocycles. The number of methoxy groups -OCH3 is 1. The van der Waals surface area contributed by atoms with Gasteiger partial charge in [0.15, 0.2) is 5.11 Å². The molecular formula is C17H17N5O2S. The summed E-state index contributed by atoms with van der Waals surface area (Å²) in [6, 6.07) is 13.1. The lowest BCUT2D eigenvalue weighted by molar-refractivity contribution is 0.376. The number of aryl methyl sites for hydroxylation is 1. The molecule has 0 aliphatic heterocycles. The van der Waals surface area contributed by atoms with Gasteiger partial charge >= 0.3 is 0 Å². The molecule has 128 valence electrons. The summed E-state index contributed by atoms with van der Waals surface area (Å²) < 4.78 is 10.4. The lowest BCUT2D eigenvalue weighted by Gasteiger charge is -2.08. The van der Waals surface area contributed by atoms with Crippen molar-refractivity contribution in [2.45, 2.75) is 13.5 Å². The fraction of sp³-hybridized carbons (Fsp3) is 0.176. The van der Waals surface area contributed by atoms with Crippen LogP contribution in [0.4, 0.5) is 5.82 Å². The smallest absolute Gasteiger partial charge is 0.246 e. The third kappa shape index (κ3) is 4.51. The van der Waals surface area contributed by atoms with E-state index in [4.69, 9.17) is 21.5 Å². The highest BCUT2D eigenvalue weighted by atomic mass is 32.1. The Balaban J connectivity index is 1.59. The summed E-state index contributed by atoms with van der Waals surface area (Å²) >= 11 is 5.24. The number of rotatable bonds is 5. The summed E-state index contributed by atoms with van der Waals surface area (Å²) in [4.78, 5) is 8.68. The normalized spacial score (nSPS) is 10.3. The molecule has 1 aromatic carbocycles. The van der Waals surface area contributed by atoms with Crippen LogP contribution < -0.4 is 15.4 Å². The standard InChI is InChI=1S/C17H17N5O2S/c1-11-5-3-8-14(19-11)20-17(25)18-10-15-21-16(22-24-15)12-6-4-7-13(9-12)23-2/h3-9H,10H2,1-2H3,(H2,18,19,20,25). The van der Waals surface area contributed by atoms with Crippen molar-refractivity contribution in [1.82, 2.24) is 20.4 Å². The lowest BCUT2D eigenvalue weighted by atomic mass is 10.2. The Kier molecular flexibility index (Phi) is 5.20. The predicted octanol–water partition coefficient (Wildman–Crippen LogP) is 2.94. The molecule has 0 fully saturated rings. The first-order valence-electron chi connectivity index (χ1n) is 7.59. The van der Waals surface area contributed by atoms with Gasteiger partial charge in [-0.25, -0.2) is 4.98 Å². The molecule has 3 rings (SSSR count). The number of nitrogens with one attached hydrogen (secondary N) is 2.